The molecule has 6 nitrogen and oxygen atoms in total. The molecule has 1 aliphatic carbocycles. The zero-order valence-electron chi connectivity index (χ0n) is 17.8. The summed E-state index contributed by atoms with van der Waals surface area (Å²) in [5, 5.41) is 2.07. The first kappa shape index (κ1) is 20.5. The third-order valence-electron chi connectivity index (χ3n) is 6.22. The van der Waals surface area contributed by atoms with Crippen molar-refractivity contribution in [3.8, 4) is 0 Å². The van der Waals surface area contributed by atoms with E-state index in [1.54, 1.807) is 17.4 Å². The average molecular weight is 453 g/mol. The number of aromatic amines is 1. The highest BCUT2D eigenvalue weighted by molar-refractivity contribution is 7.98. The Morgan fingerprint density at radius 1 is 1.16 bits per heavy atom. The molecule has 3 aromatic heterocycles. The molecular weight excluding hydrogens is 428 g/mol. The second-order valence-electron chi connectivity index (χ2n) is 8.24. The number of hydrogen-bond donors (Lipinski definition) is 1. The number of thiophene rings is 1. The Labute approximate surface area is 187 Å². The SMILES string of the molecule is Cc1sc2nc(SCc3nc4c(C)cccc4c(=O)[nH]3)n(C3CCCC3)c(=O)c2c1C. The van der Waals surface area contributed by atoms with Gasteiger partial charge in [-0.05, 0) is 50.8 Å². The molecule has 1 N–H and O–H groups in total. The third-order valence-corrected chi connectivity index (χ3v) is 8.28. The smallest absolute Gasteiger partial charge is 0.263 e. The minimum Gasteiger partial charge on any atom is -0.309 e. The standard InChI is InChI=1S/C23H24N4O2S2/c1-12-7-6-10-16-19(12)24-17(25-20(16)28)11-30-23-26-21-18(13(2)14(3)31-21)22(29)27(23)15-8-4-5-9-15/h6-7,10,15H,4-5,8-9,11H2,1-3H3,(H,24,25,28). The van der Waals surface area contributed by atoms with Gasteiger partial charge in [0.05, 0.1) is 22.0 Å². The maximum atomic E-state index is 13.5. The van der Waals surface area contributed by atoms with Crippen molar-refractivity contribution in [2.24, 2.45) is 0 Å². The number of aromatic nitrogens is 4. The van der Waals surface area contributed by atoms with Crippen LogP contribution in [0.1, 0.15) is 53.6 Å². The second kappa shape index (κ2) is 7.91. The van der Waals surface area contributed by atoms with Gasteiger partial charge < -0.3 is 4.98 Å². The fraction of sp³-hybridized carbons (Fsp3) is 0.391. The molecule has 0 radical (unpaired) electrons. The number of rotatable bonds is 4. The van der Waals surface area contributed by atoms with Gasteiger partial charge in [-0.1, -0.05) is 36.7 Å². The summed E-state index contributed by atoms with van der Waals surface area (Å²) < 4.78 is 1.91. The summed E-state index contributed by atoms with van der Waals surface area (Å²) in [5.41, 5.74) is 2.67. The van der Waals surface area contributed by atoms with Gasteiger partial charge in [0.1, 0.15) is 10.7 Å². The summed E-state index contributed by atoms with van der Waals surface area (Å²) in [4.78, 5) is 40.5. The number of H-pyrrole nitrogens is 1. The molecule has 5 rings (SSSR count). The summed E-state index contributed by atoms with van der Waals surface area (Å²) in [6.07, 6.45) is 4.29. The fourth-order valence-corrected chi connectivity index (χ4v) is 6.43. The second-order valence-corrected chi connectivity index (χ2v) is 10.4. The molecule has 0 unspecified atom stereocenters. The maximum absolute atomic E-state index is 13.5. The largest absolute Gasteiger partial charge is 0.309 e. The molecule has 0 amide bonds. The highest BCUT2D eigenvalue weighted by Crippen LogP contribution is 2.35. The van der Waals surface area contributed by atoms with E-state index in [1.165, 1.54) is 11.8 Å². The van der Waals surface area contributed by atoms with E-state index in [2.05, 4.69) is 4.98 Å². The summed E-state index contributed by atoms with van der Waals surface area (Å²) in [6.45, 7) is 6.01. The molecule has 0 spiro atoms. The van der Waals surface area contributed by atoms with Gasteiger partial charge in [0.2, 0.25) is 0 Å². The lowest BCUT2D eigenvalue weighted by molar-refractivity contribution is 0.458. The van der Waals surface area contributed by atoms with Gasteiger partial charge in [-0.15, -0.1) is 11.3 Å². The monoisotopic (exact) mass is 452 g/mol. The summed E-state index contributed by atoms with van der Waals surface area (Å²) in [6, 6.07) is 5.81. The van der Waals surface area contributed by atoms with E-state index in [0.717, 1.165) is 62.6 Å². The molecule has 31 heavy (non-hydrogen) atoms. The number of nitrogens with one attached hydrogen (secondary N) is 1. The van der Waals surface area contributed by atoms with Gasteiger partial charge in [-0.25, -0.2) is 9.97 Å². The molecule has 1 aliphatic rings. The number of benzene rings is 1. The van der Waals surface area contributed by atoms with Crippen LogP contribution in [0.5, 0.6) is 0 Å². The quantitative estimate of drug-likeness (QED) is 0.347. The molecule has 3 heterocycles. The van der Waals surface area contributed by atoms with Gasteiger partial charge >= 0.3 is 0 Å². The molecule has 0 atom stereocenters. The van der Waals surface area contributed by atoms with Crippen LogP contribution in [0.15, 0.2) is 32.9 Å². The first-order valence-electron chi connectivity index (χ1n) is 10.6. The van der Waals surface area contributed by atoms with Crippen molar-refractivity contribution < 1.29 is 0 Å². The molecule has 1 saturated carbocycles. The highest BCUT2D eigenvalue weighted by atomic mass is 32.2. The Hall–Kier alpha value is -2.45. The number of nitrogens with zero attached hydrogens (tertiary/aromatic N) is 3. The van der Waals surface area contributed by atoms with Gasteiger partial charge in [0, 0.05) is 10.9 Å². The number of para-hydroxylation sites is 1. The maximum Gasteiger partial charge on any atom is 0.263 e. The van der Waals surface area contributed by atoms with E-state index in [-0.39, 0.29) is 17.2 Å². The first-order valence-corrected chi connectivity index (χ1v) is 12.4. The Morgan fingerprint density at radius 3 is 2.71 bits per heavy atom. The van der Waals surface area contributed by atoms with Crippen LogP contribution in [0.3, 0.4) is 0 Å². The van der Waals surface area contributed by atoms with Crippen molar-refractivity contribution in [1.29, 1.82) is 0 Å². The molecule has 1 aromatic carbocycles. The first-order chi connectivity index (χ1) is 14.9. The molecule has 0 bridgehead atoms. The highest BCUT2D eigenvalue weighted by Gasteiger charge is 2.25. The Kier molecular flexibility index (Phi) is 5.22. The number of fused-ring (bicyclic) bond motifs is 2. The van der Waals surface area contributed by atoms with Crippen LogP contribution in [-0.2, 0) is 5.75 Å². The van der Waals surface area contributed by atoms with Gasteiger partial charge in [0.25, 0.3) is 11.1 Å². The number of hydrogen-bond acceptors (Lipinski definition) is 6. The Morgan fingerprint density at radius 2 is 1.94 bits per heavy atom. The van der Waals surface area contributed by atoms with E-state index < -0.39 is 0 Å². The van der Waals surface area contributed by atoms with Crippen LogP contribution in [0.25, 0.3) is 21.1 Å². The normalized spacial score (nSPS) is 14.8. The van der Waals surface area contributed by atoms with Gasteiger partial charge in [-0.3, -0.25) is 14.2 Å². The van der Waals surface area contributed by atoms with Gasteiger partial charge in [0.15, 0.2) is 5.16 Å². The minimum atomic E-state index is -0.134. The van der Waals surface area contributed by atoms with Crippen molar-refractivity contribution in [1.82, 2.24) is 19.5 Å². The van der Waals surface area contributed by atoms with Crippen LogP contribution in [0, 0.1) is 20.8 Å². The summed E-state index contributed by atoms with van der Waals surface area (Å²) in [7, 11) is 0. The molecule has 1 fully saturated rings. The van der Waals surface area contributed by atoms with E-state index in [1.807, 2.05) is 37.5 Å². The lowest BCUT2D eigenvalue weighted by Crippen LogP contribution is -2.26. The van der Waals surface area contributed by atoms with E-state index in [4.69, 9.17) is 9.97 Å². The molecule has 8 heteroatoms. The van der Waals surface area contributed by atoms with E-state index in [9.17, 15) is 9.59 Å². The van der Waals surface area contributed by atoms with Crippen molar-refractivity contribution >= 4 is 44.2 Å². The minimum absolute atomic E-state index is 0.0667. The van der Waals surface area contributed by atoms with Crippen molar-refractivity contribution in [2.75, 3.05) is 0 Å². The lowest BCUT2D eigenvalue weighted by atomic mass is 10.1. The average Bonchev–Trinajstić information content (AvgIpc) is 3.36. The number of thioether (sulfide) groups is 1. The molecule has 0 saturated heterocycles. The predicted molar refractivity (Wildman–Crippen MR) is 128 cm³/mol. The Balaban J connectivity index is 1.58. The zero-order valence-corrected chi connectivity index (χ0v) is 19.5. The zero-order chi connectivity index (χ0) is 21.7. The van der Waals surface area contributed by atoms with Gasteiger partial charge in [-0.2, -0.15) is 0 Å². The van der Waals surface area contributed by atoms with Crippen LogP contribution < -0.4 is 11.1 Å². The van der Waals surface area contributed by atoms with Crippen LogP contribution >= 0.6 is 23.1 Å². The summed E-state index contributed by atoms with van der Waals surface area (Å²) in [5.74, 6) is 1.05. The molecular formula is C23H24N4O2S2. The topological polar surface area (TPSA) is 80.6 Å². The van der Waals surface area contributed by atoms with Crippen molar-refractivity contribution in [3.63, 3.8) is 0 Å². The lowest BCUT2D eigenvalue weighted by Gasteiger charge is -2.18. The fourth-order valence-electron chi connectivity index (χ4n) is 4.43. The van der Waals surface area contributed by atoms with E-state index in [0.29, 0.717) is 17.0 Å². The number of aryl methyl sites for hydroxylation is 3. The van der Waals surface area contributed by atoms with E-state index >= 15 is 0 Å². The summed E-state index contributed by atoms with van der Waals surface area (Å²) >= 11 is 3.06. The molecule has 160 valence electrons. The van der Waals surface area contributed by atoms with Crippen LogP contribution in [0.2, 0.25) is 0 Å². The Bertz CT molecular complexity index is 1430. The molecule has 4 aromatic rings. The van der Waals surface area contributed by atoms with Crippen molar-refractivity contribution in [3.05, 3.63) is 60.7 Å². The third kappa shape index (κ3) is 3.51. The van der Waals surface area contributed by atoms with Crippen molar-refractivity contribution in [2.45, 2.75) is 63.4 Å². The van der Waals surface area contributed by atoms with Crippen LogP contribution in [0.4, 0.5) is 0 Å². The molecule has 0 aliphatic heterocycles. The predicted octanol–water partition coefficient (Wildman–Crippen LogP) is 5.03. The van der Waals surface area contributed by atoms with Crippen LogP contribution in [-0.4, -0.2) is 19.5 Å².